The Bertz CT molecular complexity index is 1050. The monoisotopic (exact) mass is 480 g/mol. The topological polar surface area (TPSA) is 111 Å². The fourth-order valence-electron chi connectivity index (χ4n) is 4.32. The number of hydrogen-bond donors (Lipinski definition) is 2. The van der Waals surface area contributed by atoms with E-state index >= 15 is 0 Å². The first kappa shape index (κ1) is 25.9. The number of rotatable bonds is 7. The third-order valence-electron chi connectivity index (χ3n) is 6.27. The van der Waals surface area contributed by atoms with E-state index in [0.717, 1.165) is 19.3 Å². The second-order valence-corrected chi connectivity index (χ2v) is 9.26. The molecule has 0 spiro atoms. The van der Waals surface area contributed by atoms with Gasteiger partial charge in [0, 0.05) is 5.56 Å². The summed E-state index contributed by atoms with van der Waals surface area (Å²) in [5, 5.41) is 0. The van der Waals surface area contributed by atoms with Crippen LogP contribution in [-0.4, -0.2) is 36.5 Å². The fourth-order valence-corrected chi connectivity index (χ4v) is 4.32. The maximum absolute atomic E-state index is 13.0. The molecule has 0 bridgehead atoms. The Morgan fingerprint density at radius 1 is 0.886 bits per heavy atom. The van der Waals surface area contributed by atoms with Gasteiger partial charge in [0.2, 0.25) is 0 Å². The van der Waals surface area contributed by atoms with Crippen LogP contribution in [0.3, 0.4) is 0 Å². The molecule has 8 nitrogen and oxygen atoms in total. The molecular weight excluding hydrogens is 448 g/mol. The summed E-state index contributed by atoms with van der Waals surface area (Å²) in [6, 6.07) is 14.5. The van der Waals surface area contributed by atoms with Gasteiger partial charge in [-0.1, -0.05) is 57.5 Å². The summed E-state index contributed by atoms with van der Waals surface area (Å²) in [6.45, 7) is 5.77. The van der Waals surface area contributed by atoms with Crippen molar-refractivity contribution >= 4 is 23.8 Å². The third-order valence-corrected chi connectivity index (χ3v) is 6.27. The van der Waals surface area contributed by atoms with Crippen molar-refractivity contribution in [2.75, 3.05) is 6.61 Å². The lowest BCUT2D eigenvalue weighted by Crippen LogP contribution is -2.43. The molecule has 1 fully saturated rings. The molecule has 8 heteroatoms. The van der Waals surface area contributed by atoms with Crippen LogP contribution in [0.4, 0.5) is 0 Å². The first-order valence-corrected chi connectivity index (χ1v) is 11.9. The van der Waals surface area contributed by atoms with Gasteiger partial charge in [-0.15, -0.1) is 0 Å². The molecule has 1 aliphatic carbocycles. The predicted octanol–water partition coefficient (Wildman–Crippen LogP) is 3.92. The summed E-state index contributed by atoms with van der Waals surface area (Å²) in [5.74, 6) is -1.54. The molecule has 0 heterocycles. The van der Waals surface area contributed by atoms with Crippen molar-refractivity contribution in [3.8, 4) is 0 Å². The second kappa shape index (κ2) is 12.1. The minimum atomic E-state index is -0.834. The van der Waals surface area contributed by atoms with Crippen molar-refractivity contribution in [1.29, 1.82) is 0 Å². The SMILES string of the molecule is CC(C)[C@@H]1CC[C@@H](C)C[C@H]1OC(=O)c1ccccc1C(=O)OCC(=O)NNC(=O)c1ccccc1. The molecule has 3 atom stereocenters. The number of carbonyl (C=O) groups is 4. The second-order valence-electron chi connectivity index (χ2n) is 9.26. The molecule has 1 saturated carbocycles. The van der Waals surface area contributed by atoms with E-state index < -0.39 is 30.4 Å². The van der Waals surface area contributed by atoms with E-state index in [1.165, 1.54) is 12.1 Å². The lowest BCUT2D eigenvalue weighted by atomic mass is 9.75. The minimum absolute atomic E-state index is 0.0172. The van der Waals surface area contributed by atoms with Gasteiger partial charge in [0.15, 0.2) is 6.61 Å². The molecule has 35 heavy (non-hydrogen) atoms. The van der Waals surface area contributed by atoms with Crippen molar-refractivity contribution in [2.45, 2.75) is 46.1 Å². The van der Waals surface area contributed by atoms with Crippen LogP contribution in [0.1, 0.15) is 71.1 Å². The lowest BCUT2D eigenvalue weighted by molar-refractivity contribution is -0.125. The Morgan fingerprint density at radius 3 is 2.17 bits per heavy atom. The van der Waals surface area contributed by atoms with Crippen LogP contribution < -0.4 is 10.9 Å². The van der Waals surface area contributed by atoms with Crippen LogP contribution in [0.5, 0.6) is 0 Å². The largest absolute Gasteiger partial charge is 0.458 e. The number of amides is 2. The van der Waals surface area contributed by atoms with Gasteiger partial charge in [0.05, 0.1) is 11.1 Å². The van der Waals surface area contributed by atoms with E-state index in [4.69, 9.17) is 9.47 Å². The van der Waals surface area contributed by atoms with Crippen LogP contribution in [-0.2, 0) is 14.3 Å². The maximum Gasteiger partial charge on any atom is 0.339 e. The molecule has 3 rings (SSSR count). The van der Waals surface area contributed by atoms with Gasteiger partial charge in [-0.2, -0.15) is 0 Å². The van der Waals surface area contributed by atoms with Gasteiger partial charge >= 0.3 is 11.9 Å². The highest BCUT2D eigenvalue weighted by Gasteiger charge is 2.34. The Hall–Kier alpha value is -3.68. The molecular formula is C27H32N2O6. The summed E-state index contributed by atoms with van der Waals surface area (Å²) in [6.07, 6.45) is 2.68. The zero-order chi connectivity index (χ0) is 25.4. The number of carbonyl (C=O) groups excluding carboxylic acids is 4. The normalized spacial score (nSPS) is 19.5. The standard InChI is InChI=1S/C27H32N2O6/c1-17(2)20-14-13-18(3)15-23(20)35-27(33)22-12-8-7-11-21(22)26(32)34-16-24(30)28-29-25(31)19-9-5-4-6-10-19/h4-12,17-18,20,23H,13-16H2,1-3H3,(H,28,30)(H,29,31)/t18-,20+,23-/m1/s1. The summed E-state index contributed by atoms with van der Waals surface area (Å²) < 4.78 is 10.9. The fraction of sp³-hybridized carbons (Fsp3) is 0.407. The van der Waals surface area contributed by atoms with Gasteiger partial charge in [-0.05, 0) is 54.9 Å². The zero-order valence-electron chi connectivity index (χ0n) is 20.3. The summed E-state index contributed by atoms with van der Waals surface area (Å²) >= 11 is 0. The zero-order valence-corrected chi connectivity index (χ0v) is 20.3. The van der Waals surface area contributed by atoms with Gasteiger partial charge in [0.25, 0.3) is 11.8 Å². The first-order chi connectivity index (χ1) is 16.8. The molecule has 2 amide bonds. The van der Waals surface area contributed by atoms with Crippen molar-refractivity contribution in [1.82, 2.24) is 10.9 Å². The molecule has 2 aromatic rings. The summed E-state index contributed by atoms with van der Waals surface area (Å²) in [7, 11) is 0. The Labute approximate surface area is 205 Å². The van der Waals surface area contributed by atoms with E-state index in [2.05, 4.69) is 31.6 Å². The van der Waals surface area contributed by atoms with Gasteiger partial charge in [-0.25, -0.2) is 9.59 Å². The molecule has 2 aromatic carbocycles. The molecule has 186 valence electrons. The molecule has 0 aromatic heterocycles. The average Bonchev–Trinajstić information content (AvgIpc) is 2.86. The smallest absolute Gasteiger partial charge is 0.339 e. The predicted molar refractivity (Wildman–Crippen MR) is 129 cm³/mol. The van der Waals surface area contributed by atoms with Crippen LogP contribution in [0, 0.1) is 17.8 Å². The first-order valence-electron chi connectivity index (χ1n) is 11.9. The van der Waals surface area contributed by atoms with E-state index in [9.17, 15) is 19.2 Å². The van der Waals surface area contributed by atoms with E-state index in [0.29, 0.717) is 17.4 Å². The van der Waals surface area contributed by atoms with Crippen molar-refractivity contribution in [3.63, 3.8) is 0 Å². The van der Waals surface area contributed by atoms with Crippen molar-refractivity contribution in [3.05, 3.63) is 71.3 Å². The number of esters is 2. The van der Waals surface area contributed by atoms with Gasteiger partial charge in [0.1, 0.15) is 6.10 Å². The summed E-state index contributed by atoms with van der Waals surface area (Å²) in [5.41, 5.74) is 4.92. The molecule has 0 radical (unpaired) electrons. The van der Waals surface area contributed by atoms with E-state index in [1.807, 2.05) is 0 Å². The minimum Gasteiger partial charge on any atom is -0.458 e. The van der Waals surface area contributed by atoms with Crippen LogP contribution in [0.2, 0.25) is 0 Å². The van der Waals surface area contributed by atoms with E-state index in [-0.39, 0.29) is 23.1 Å². The highest BCUT2D eigenvalue weighted by Crippen LogP contribution is 2.35. The Kier molecular flexibility index (Phi) is 9.00. The number of nitrogens with one attached hydrogen (secondary N) is 2. The van der Waals surface area contributed by atoms with Crippen LogP contribution in [0.15, 0.2) is 54.6 Å². The van der Waals surface area contributed by atoms with Crippen LogP contribution in [0.25, 0.3) is 0 Å². The molecule has 0 aliphatic heterocycles. The number of ether oxygens (including phenoxy) is 2. The number of benzene rings is 2. The third kappa shape index (κ3) is 7.15. The highest BCUT2D eigenvalue weighted by molar-refractivity contribution is 6.03. The quantitative estimate of drug-likeness (QED) is 0.459. The van der Waals surface area contributed by atoms with Crippen LogP contribution >= 0.6 is 0 Å². The van der Waals surface area contributed by atoms with E-state index in [1.54, 1.807) is 42.5 Å². The van der Waals surface area contributed by atoms with Gasteiger partial charge < -0.3 is 9.47 Å². The molecule has 0 unspecified atom stereocenters. The molecule has 1 aliphatic rings. The Morgan fingerprint density at radius 2 is 1.51 bits per heavy atom. The summed E-state index contributed by atoms with van der Waals surface area (Å²) in [4.78, 5) is 49.7. The molecule has 0 saturated heterocycles. The Balaban J connectivity index is 1.57. The lowest BCUT2D eigenvalue weighted by Gasteiger charge is -2.36. The van der Waals surface area contributed by atoms with Gasteiger partial charge in [-0.3, -0.25) is 20.4 Å². The highest BCUT2D eigenvalue weighted by atomic mass is 16.5. The van der Waals surface area contributed by atoms with Crippen molar-refractivity contribution < 1.29 is 28.7 Å². The van der Waals surface area contributed by atoms with Crippen molar-refractivity contribution in [2.24, 2.45) is 17.8 Å². The molecule has 2 N–H and O–H groups in total. The number of hydrazine groups is 1. The average molecular weight is 481 g/mol. The maximum atomic E-state index is 13.0. The number of hydrogen-bond acceptors (Lipinski definition) is 6.